The van der Waals surface area contributed by atoms with E-state index in [1.807, 2.05) is 4.90 Å². The zero-order chi connectivity index (χ0) is 15.4. The summed E-state index contributed by atoms with van der Waals surface area (Å²) in [5.41, 5.74) is 0.439. The summed E-state index contributed by atoms with van der Waals surface area (Å²) < 4.78 is 5.72. The molecule has 1 amide bonds. The van der Waals surface area contributed by atoms with E-state index >= 15 is 0 Å². The molecule has 0 unspecified atom stereocenters. The Balaban J connectivity index is 1.45. The lowest BCUT2D eigenvalue weighted by atomic mass is 9.86. The number of pyridine rings is 1. The smallest absolute Gasteiger partial charge is 0.232 e. The molecule has 1 aromatic rings. The zero-order valence-corrected chi connectivity index (χ0v) is 12.7. The van der Waals surface area contributed by atoms with Crippen molar-refractivity contribution in [2.24, 2.45) is 5.92 Å². The molecule has 0 spiro atoms. The molecule has 0 radical (unpaired) electrons. The summed E-state index contributed by atoms with van der Waals surface area (Å²) in [7, 11) is 0. The summed E-state index contributed by atoms with van der Waals surface area (Å²) in [4.78, 5) is 18.2. The minimum atomic E-state index is -0.0442. The second-order valence-corrected chi connectivity index (χ2v) is 6.21. The zero-order valence-electron chi connectivity index (χ0n) is 12.7. The Kier molecular flexibility index (Phi) is 4.57. The summed E-state index contributed by atoms with van der Waals surface area (Å²) in [5, 5.41) is 9.01. The van der Waals surface area contributed by atoms with Crippen LogP contribution in [-0.4, -0.2) is 35.0 Å². The topological polar surface area (TPSA) is 66.2 Å². The summed E-state index contributed by atoms with van der Waals surface area (Å²) in [5.74, 6) is 1.19. The highest BCUT2D eigenvalue weighted by atomic mass is 16.5. The quantitative estimate of drug-likeness (QED) is 0.857. The highest BCUT2D eigenvalue weighted by molar-refractivity contribution is 5.77. The first-order chi connectivity index (χ1) is 10.8. The normalized spacial score (nSPS) is 19.3. The van der Waals surface area contributed by atoms with E-state index < -0.39 is 0 Å². The van der Waals surface area contributed by atoms with Crippen LogP contribution in [-0.2, 0) is 4.79 Å². The fraction of sp³-hybridized carbons (Fsp3) is 0.588. The molecule has 5 heteroatoms. The molecule has 0 bridgehead atoms. The van der Waals surface area contributed by atoms with Gasteiger partial charge in [-0.3, -0.25) is 4.79 Å². The van der Waals surface area contributed by atoms with E-state index in [4.69, 9.17) is 10.00 Å². The molecule has 2 heterocycles. The molecule has 0 aromatic carbocycles. The van der Waals surface area contributed by atoms with E-state index in [1.165, 1.54) is 32.1 Å². The van der Waals surface area contributed by atoms with E-state index in [0.717, 1.165) is 0 Å². The van der Waals surface area contributed by atoms with Gasteiger partial charge in [-0.2, -0.15) is 5.26 Å². The maximum atomic E-state index is 12.2. The van der Waals surface area contributed by atoms with Crippen molar-refractivity contribution >= 4 is 5.91 Å². The van der Waals surface area contributed by atoms with E-state index in [-0.39, 0.29) is 12.0 Å². The van der Waals surface area contributed by atoms with E-state index in [1.54, 1.807) is 18.3 Å². The van der Waals surface area contributed by atoms with Crippen molar-refractivity contribution in [3.8, 4) is 11.9 Å². The van der Waals surface area contributed by atoms with Gasteiger partial charge in [0, 0.05) is 12.6 Å². The number of amides is 1. The molecule has 1 aliphatic heterocycles. The monoisotopic (exact) mass is 299 g/mol. The van der Waals surface area contributed by atoms with Crippen LogP contribution in [0.1, 0.15) is 44.1 Å². The molecule has 5 nitrogen and oxygen atoms in total. The fourth-order valence-corrected chi connectivity index (χ4v) is 3.21. The number of nitriles is 1. The first-order valence-corrected chi connectivity index (χ1v) is 8.06. The first kappa shape index (κ1) is 14.8. The Hall–Kier alpha value is -2.09. The Morgan fingerprint density at radius 1 is 1.36 bits per heavy atom. The van der Waals surface area contributed by atoms with Gasteiger partial charge in [-0.25, -0.2) is 4.98 Å². The van der Waals surface area contributed by atoms with Gasteiger partial charge in [-0.1, -0.05) is 19.3 Å². The van der Waals surface area contributed by atoms with E-state index in [9.17, 15) is 4.79 Å². The molecule has 0 atom stereocenters. The molecule has 0 N–H and O–H groups in total. The molecular formula is C17H21N3O2. The summed E-state index contributed by atoms with van der Waals surface area (Å²) in [6, 6.07) is 5.47. The van der Waals surface area contributed by atoms with Crippen molar-refractivity contribution in [2.45, 2.75) is 44.6 Å². The summed E-state index contributed by atoms with van der Waals surface area (Å²) in [6.07, 6.45) is 8.48. The molecule has 116 valence electrons. The van der Waals surface area contributed by atoms with Crippen molar-refractivity contribution in [3.05, 3.63) is 23.9 Å². The number of ether oxygens (including phenoxy) is 1. The number of aromatic nitrogens is 1. The third-order valence-electron chi connectivity index (χ3n) is 4.56. The molecular weight excluding hydrogens is 278 g/mol. The number of likely N-dealkylation sites (tertiary alicyclic amines) is 1. The summed E-state index contributed by atoms with van der Waals surface area (Å²) in [6.45, 7) is 1.21. The number of rotatable bonds is 4. The van der Waals surface area contributed by atoms with Gasteiger partial charge in [0.05, 0.1) is 13.1 Å². The Bertz CT molecular complexity index is 570. The second kappa shape index (κ2) is 6.78. The van der Waals surface area contributed by atoms with E-state index in [2.05, 4.69) is 11.1 Å². The second-order valence-electron chi connectivity index (χ2n) is 6.21. The van der Waals surface area contributed by atoms with Crippen LogP contribution in [0.3, 0.4) is 0 Å². The Morgan fingerprint density at radius 2 is 2.14 bits per heavy atom. The van der Waals surface area contributed by atoms with Gasteiger partial charge in [-0.05, 0) is 30.9 Å². The van der Waals surface area contributed by atoms with Crippen molar-refractivity contribution in [3.63, 3.8) is 0 Å². The lowest BCUT2D eigenvalue weighted by Gasteiger charge is -2.39. The predicted molar refractivity (Wildman–Crippen MR) is 81.1 cm³/mol. The number of nitrogens with zero attached hydrogens (tertiary/aromatic N) is 3. The lowest BCUT2D eigenvalue weighted by molar-refractivity contribution is -0.141. The van der Waals surface area contributed by atoms with Gasteiger partial charge in [0.2, 0.25) is 11.8 Å². The molecule has 2 aliphatic rings. The predicted octanol–water partition coefficient (Wildman–Crippen LogP) is 2.51. The van der Waals surface area contributed by atoms with Crippen LogP contribution >= 0.6 is 0 Å². The maximum Gasteiger partial charge on any atom is 0.232 e. The molecule has 1 aliphatic carbocycles. The van der Waals surface area contributed by atoms with Crippen LogP contribution in [0.4, 0.5) is 0 Å². The number of hydrogen-bond acceptors (Lipinski definition) is 4. The van der Waals surface area contributed by atoms with Crippen LogP contribution in [0.2, 0.25) is 0 Å². The molecule has 22 heavy (non-hydrogen) atoms. The third-order valence-corrected chi connectivity index (χ3v) is 4.56. The Morgan fingerprint density at radius 3 is 2.86 bits per heavy atom. The Labute approximate surface area is 130 Å². The van der Waals surface area contributed by atoms with E-state index in [0.29, 0.717) is 36.9 Å². The fourth-order valence-electron chi connectivity index (χ4n) is 3.21. The van der Waals surface area contributed by atoms with Gasteiger partial charge in [0.15, 0.2) is 0 Å². The van der Waals surface area contributed by atoms with Crippen LogP contribution in [0.5, 0.6) is 5.88 Å². The highest BCUT2D eigenvalue weighted by Gasteiger charge is 2.33. The third kappa shape index (κ3) is 3.38. The van der Waals surface area contributed by atoms with Crippen LogP contribution in [0.25, 0.3) is 0 Å². The van der Waals surface area contributed by atoms with Crippen molar-refractivity contribution < 1.29 is 9.53 Å². The van der Waals surface area contributed by atoms with Gasteiger partial charge < -0.3 is 9.64 Å². The molecule has 3 rings (SSSR count). The van der Waals surface area contributed by atoms with Gasteiger partial charge in [-0.15, -0.1) is 0 Å². The summed E-state index contributed by atoms with van der Waals surface area (Å²) >= 11 is 0. The minimum Gasteiger partial charge on any atom is -0.470 e. The largest absolute Gasteiger partial charge is 0.470 e. The SMILES string of the molecule is N#Cc1cccnc1OC1CN(C(=O)CC2CCCCC2)C1. The molecule has 1 saturated heterocycles. The number of carbonyl (C=O) groups excluding carboxylic acids is 1. The van der Waals surface area contributed by atoms with Crippen LogP contribution in [0, 0.1) is 17.2 Å². The maximum absolute atomic E-state index is 12.2. The van der Waals surface area contributed by atoms with Crippen LogP contribution in [0.15, 0.2) is 18.3 Å². The number of carbonyl (C=O) groups is 1. The standard InChI is InChI=1S/C17H21N3O2/c18-10-14-7-4-8-19-17(14)22-15-11-20(12-15)16(21)9-13-5-2-1-3-6-13/h4,7-8,13,15H,1-3,5-6,9,11-12H2. The minimum absolute atomic E-state index is 0.0442. The molecule has 1 aromatic heterocycles. The average Bonchev–Trinajstić information content (AvgIpc) is 2.51. The van der Waals surface area contributed by atoms with Crippen molar-refractivity contribution in [1.82, 2.24) is 9.88 Å². The molecule has 2 fully saturated rings. The first-order valence-electron chi connectivity index (χ1n) is 8.06. The number of hydrogen-bond donors (Lipinski definition) is 0. The average molecular weight is 299 g/mol. The highest BCUT2D eigenvalue weighted by Crippen LogP contribution is 2.28. The lowest BCUT2D eigenvalue weighted by Crippen LogP contribution is -2.56. The van der Waals surface area contributed by atoms with Crippen molar-refractivity contribution in [1.29, 1.82) is 5.26 Å². The van der Waals surface area contributed by atoms with Crippen LogP contribution < -0.4 is 4.74 Å². The van der Waals surface area contributed by atoms with Crippen molar-refractivity contribution in [2.75, 3.05) is 13.1 Å². The molecule has 1 saturated carbocycles. The van der Waals surface area contributed by atoms with Gasteiger partial charge >= 0.3 is 0 Å². The van der Waals surface area contributed by atoms with Gasteiger partial charge in [0.1, 0.15) is 17.7 Å². The van der Waals surface area contributed by atoms with Gasteiger partial charge in [0.25, 0.3) is 0 Å².